The first-order valence-corrected chi connectivity index (χ1v) is 8.92. The molecule has 2 aromatic carbocycles. The van der Waals surface area contributed by atoms with Crippen LogP contribution in [0.25, 0.3) is 5.69 Å². The van der Waals surface area contributed by atoms with E-state index in [0.29, 0.717) is 5.02 Å². The van der Waals surface area contributed by atoms with Crippen molar-refractivity contribution in [3.05, 3.63) is 76.3 Å². The van der Waals surface area contributed by atoms with E-state index in [2.05, 4.69) is 31.8 Å². The van der Waals surface area contributed by atoms with Crippen molar-refractivity contribution in [1.29, 1.82) is 0 Å². The van der Waals surface area contributed by atoms with Crippen molar-refractivity contribution in [3.8, 4) is 5.69 Å². The summed E-state index contributed by atoms with van der Waals surface area (Å²) in [5.41, 5.74) is 4.00. The predicted molar refractivity (Wildman–Crippen MR) is 104 cm³/mol. The van der Waals surface area contributed by atoms with Gasteiger partial charge in [-0.05, 0) is 39.2 Å². The van der Waals surface area contributed by atoms with Crippen LogP contribution < -0.4 is 0 Å². The molecule has 0 spiro atoms. The highest BCUT2D eigenvalue weighted by atomic mass is 35.5. The Morgan fingerprint density at radius 1 is 1.08 bits per heavy atom. The monoisotopic (exact) mass is 365 g/mol. The third-order valence-electron chi connectivity index (χ3n) is 4.47. The Bertz CT molecular complexity index is 975. The fourth-order valence-electron chi connectivity index (χ4n) is 3.36. The van der Waals surface area contributed by atoms with E-state index < -0.39 is 0 Å². The molecule has 132 valence electrons. The lowest BCUT2D eigenvalue weighted by molar-refractivity contribution is 0.370. The minimum absolute atomic E-state index is 0.118. The third kappa shape index (κ3) is 2.93. The van der Waals surface area contributed by atoms with Crippen LogP contribution in [0.5, 0.6) is 0 Å². The SMILES string of the molecule is Cc1nnc2n1-c1ccc(Cl)cc1C(c1ccccc1)=NC2CN(C)C. The Balaban J connectivity index is 2.02. The van der Waals surface area contributed by atoms with Gasteiger partial charge in [-0.15, -0.1) is 10.2 Å². The molecule has 0 radical (unpaired) electrons. The summed E-state index contributed by atoms with van der Waals surface area (Å²) in [6.07, 6.45) is 0. The predicted octanol–water partition coefficient (Wildman–Crippen LogP) is 3.68. The lowest BCUT2D eigenvalue weighted by Crippen LogP contribution is -2.21. The highest BCUT2D eigenvalue weighted by Crippen LogP contribution is 2.32. The summed E-state index contributed by atoms with van der Waals surface area (Å²) in [5, 5.41) is 9.44. The van der Waals surface area contributed by atoms with Crippen LogP contribution in [0.1, 0.15) is 28.8 Å². The van der Waals surface area contributed by atoms with Crippen LogP contribution in [0.3, 0.4) is 0 Å². The number of fused-ring (bicyclic) bond motifs is 3. The molecule has 4 rings (SSSR count). The van der Waals surface area contributed by atoms with E-state index >= 15 is 0 Å². The fraction of sp³-hybridized carbons (Fsp3) is 0.250. The fourth-order valence-corrected chi connectivity index (χ4v) is 3.53. The average molecular weight is 366 g/mol. The largest absolute Gasteiger partial charge is 0.307 e. The lowest BCUT2D eigenvalue weighted by atomic mass is 10.0. The maximum atomic E-state index is 6.34. The van der Waals surface area contributed by atoms with Gasteiger partial charge in [-0.2, -0.15) is 0 Å². The van der Waals surface area contributed by atoms with E-state index in [1.165, 1.54) is 0 Å². The molecule has 0 bridgehead atoms. The van der Waals surface area contributed by atoms with Gasteiger partial charge in [0.15, 0.2) is 5.82 Å². The van der Waals surface area contributed by atoms with E-state index in [9.17, 15) is 0 Å². The van der Waals surface area contributed by atoms with E-state index in [1.54, 1.807) is 0 Å². The second-order valence-corrected chi connectivity index (χ2v) is 7.16. The van der Waals surface area contributed by atoms with Gasteiger partial charge in [-0.25, -0.2) is 0 Å². The van der Waals surface area contributed by atoms with Gasteiger partial charge in [0.2, 0.25) is 0 Å². The number of aliphatic imine (C=N–C) groups is 1. The average Bonchev–Trinajstić information content (AvgIpc) is 2.94. The number of hydrogen-bond donors (Lipinski definition) is 0. The quantitative estimate of drug-likeness (QED) is 0.711. The zero-order valence-corrected chi connectivity index (χ0v) is 15.8. The van der Waals surface area contributed by atoms with Gasteiger partial charge in [0.05, 0.1) is 11.4 Å². The van der Waals surface area contributed by atoms with Crippen molar-refractivity contribution in [1.82, 2.24) is 19.7 Å². The second-order valence-electron chi connectivity index (χ2n) is 6.72. The highest BCUT2D eigenvalue weighted by Gasteiger charge is 2.28. The molecule has 1 aliphatic rings. The van der Waals surface area contributed by atoms with E-state index in [-0.39, 0.29) is 6.04 Å². The second kappa shape index (κ2) is 6.67. The molecule has 0 amide bonds. The lowest BCUT2D eigenvalue weighted by Gasteiger charge is -2.17. The number of benzene rings is 2. The Kier molecular flexibility index (Phi) is 4.34. The molecule has 1 atom stereocenters. The molecule has 2 heterocycles. The first-order chi connectivity index (χ1) is 12.5. The Hall–Kier alpha value is -2.50. The number of halogens is 1. The first kappa shape index (κ1) is 16.9. The molecule has 1 aromatic heterocycles. The Labute approximate surface area is 158 Å². The molecule has 1 unspecified atom stereocenters. The molecule has 26 heavy (non-hydrogen) atoms. The van der Waals surface area contributed by atoms with Crippen molar-refractivity contribution in [2.75, 3.05) is 20.6 Å². The Morgan fingerprint density at radius 2 is 1.85 bits per heavy atom. The molecule has 0 fully saturated rings. The Morgan fingerprint density at radius 3 is 2.58 bits per heavy atom. The summed E-state index contributed by atoms with van der Waals surface area (Å²) in [6.45, 7) is 2.71. The van der Waals surface area contributed by atoms with Crippen LogP contribution in [0, 0.1) is 6.92 Å². The number of aryl methyl sites for hydroxylation is 1. The van der Waals surface area contributed by atoms with Crippen LogP contribution in [0.2, 0.25) is 5.02 Å². The minimum atomic E-state index is -0.118. The van der Waals surface area contributed by atoms with Gasteiger partial charge in [0, 0.05) is 22.7 Å². The van der Waals surface area contributed by atoms with Crippen LogP contribution in [0.15, 0.2) is 53.5 Å². The van der Waals surface area contributed by atoms with Crippen molar-refractivity contribution in [2.45, 2.75) is 13.0 Å². The van der Waals surface area contributed by atoms with Gasteiger partial charge in [-0.3, -0.25) is 9.56 Å². The number of aromatic nitrogens is 3. The van der Waals surface area contributed by atoms with Crippen LogP contribution in [-0.4, -0.2) is 46.0 Å². The van der Waals surface area contributed by atoms with Crippen molar-refractivity contribution in [3.63, 3.8) is 0 Å². The molecule has 3 aromatic rings. The topological polar surface area (TPSA) is 46.3 Å². The first-order valence-electron chi connectivity index (χ1n) is 8.55. The molecule has 0 saturated heterocycles. The van der Waals surface area contributed by atoms with Gasteiger partial charge in [-0.1, -0.05) is 41.9 Å². The third-order valence-corrected chi connectivity index (χ3v) is 4.71. The molecule has 5 nitrogen and oxygen atoms in total. The molecule has 0 saturated carbocycles. The highest BCUT2D eigenvalue weighted by molar-refractivity contribution is 6.31. The smallest absolute Gasteiger partial charge is 0.163 e. The van der Waals surface area contributed by atoms with Crippen molar-refractivity contribution in [2.24, 2.45) is 4.99 Å². The number of hydrogen-bond acceptors (Lipinski definition) is 4. The normalized spacial score (nSPS) is 16.0. The van der Waals surface area contributed by atoms with Gasteiger partial charge >= 0.3 is 0 Å². The minimum Gasteiger partial charge on any atom is -0.307 e. The van der Waals surface area contributed by atoms with Crippen LogP contribution in [0.4, 0.5) is 0 Å². The van der Waals surface area contributed by atoms with Gasteiger partial charge < -0.3 is 4.90 Å². The maximum absolute atomic E-state index is 6.34. The number of nitrogens with zero attached hydrogens (tertiary/aromatic N) is 5. The van der Waals surface area contributed by atoms with E-state index in [0.717, 1.165) is 40.7 Å². The van der Waals surface area contributed by atoms with Gasteiger partial charge in [0.25, 0.3) is 0 Å². The summed E-state index contributed by atoms with van der Waals surface area (Å²) < 4.78 is 2.10. The zero-order valence-electron chi connectivity index (χ0n) is 15.0. The molecule has 0 aliphatic carbocycles. The summed E-state index contributed by atoms with van der Waals surface area (Å²) in [7, 11) is 4.08. The van der Waals surface area contributed by atoms with Crippen molar-refractivity contribution < 1.29 is 0 Å². The molecule has 0 N–H and O–H groups in total. The molecular formula is C20H20ClN5. The van der Waals surface area contributed by atoms with Crippen LogP contribution >= 0.6 is 11.6 Å². The maximum Gasteiger partial charge on any atom is 0.163 e. The van der Waals surface area contributed by atoms with Crippen molar-refractivity contribution >= 4 is 17.3 Å². The van der Waals surface area contributed by atoms with E-state index in [1.807, 2.05) is 57.4 Å². The molecule has 6 heteroatoms. The summed E-state index contributed by atoms with van der Waals surface area (Å²) in [5.74, 6) is 1.70. The molecule has 1 aliphatic heterocycles. The summed E-state index contributed by atoms with van der Waals surface area (Å²) in [6, 6.07) is 16.0. The summed E-state index contributed by atoms with van der Waals surface area (Å²) in [4.78, 5) is 7.24. The number of rotatable bonds is 3. The number of likely N-dealkylation sites (N-methyl/N-ethyl adjacent to an activating group) is 1. The zero-order chi connectivity index (χ0) is 18.3. The summed E-state index contributed by atoms with van der Waals surface area (Å²) >= 11 is 6.34. The molecular weight excluding hydrogens is 346 g/mol. The van der Waals surface area contributed by atoms with E-state index in [4.69, 9.17) is 16.6 Å². The standard InChI is InChI=1S/C20H20ClN5/c1-13-23-24-20-17(12-25(2)3)22-19(14-7-5-4-6-8-14)16-11-15(21)9-10-18(16)26(13)20/h4-11,17H,12H2,1-3H3. The van der Waals surface area contributed by atoms with Gasteiger partial charge in [0.1, 0.15) is 11.9 Å². The van der Waals surface area contributed by atoms with Crippen LogP contribution in [-0.2, 0) is 0 Å².